The molecule has 2 rings (SSSR count). The summed E-state index contributed by atoms with van der Waals surface area (Å²) in [6, 6.07) is 9.69. The number of aryl methyl sites for hydroxylation is 1. The maximum Gasteiger partial charge on any atom is 0.169 e. The smallest absolute Gasteiger partial charge is 0.169 e. The van der Waals surface area contributed by atoms with Gasteiger partial charge in [-0.15, -0.1) is 0 Å². The van der Waals surface area contributed by atoms with E-state index in [0.29, 0.717) is 11.5 Å². The Morgan fingerprint density at radius 3 is 2.52 bits per heavy atom. The first-order valence-electron chi connectivity index (χ1n) is 7.24. The zero-order valence-corrected chi connectivity index (χ0v) is 12.8. The molecular formula is C17H22N2O2. The number of benzene rings is 1. The van der Waals surface area contributed by atoms with E-state index in [4.69, 9.17) is 15.2 Å². The number of methoxy groups -OCH3 is 1. The number of nitrogens with two attached hydrogens (primary N) is 1. The molecule has 1 aromatic heterocycles. The highest BCUT2D eigenvalue weighted by Gasteiger charge is 2.08. The summed E-state index contributed by atoms with van der Waals surface area (Å²) >= 11 is 0. The molecule has 0 aliphatic rings. The molecule has 1 unspecified atom stereocenters. The minimum absolute atomic E-state index is 0.0302. The maximum absolute atomic E-state index is 5.95. The van der Waals surface area contributed by atoms with Gasteiger partial charge in [-0.25, -0.2) is 0 Å². The van der Waals surface area contributed by atoms with Crippen LogP contribution in [0.4, 0.5) is 0 Å². The minimum Gasteiger partial charge on any atom is -0.493 e. The molecule has 1 heterocycles. The average molecular weight is 286 g/mol. The summed E-state index contributed by atoms with van der Waals surface area (Å²) in [7, 11) is 1.64. The van der Waals surface area contributed by atoms with E-state index in [1.165, 1.54) is 5.56 Å². The number of rotatable bonds is 6. The molecule has 0 saturated heterocycles. The van der Waals surface area contributed by atoms with E-state index in [9.17, 15) is 0 Å². The van der Waals surface area contributed by atoms with Gasteiger partial charge in [0, 0.05) is 6.04 Å². The van der Waals surface area contributed by atoms with Crippen molar-refractivity contribution in [1.82, 2.24) is 4.98 Å². The van der Waals surface area contributed by atoms with Gasteiger partial charge in [-0.05, 0) is 42.7 Å². The molecule has 1 aromatic carbocycles. The third-order valence-corrected chi connectivity index (χ3v) is 3.44. The molecule has 4 nitrogen and oxygen atoms in total. The molecule has 0 amide bonds. The van der Waals surface area contributed by atoms with Crippen molar-refractivity contribution in [2.75, 3.05) is 7.11 Å². The lowest BCUT2D eigenvalue weighted by atomic mass is 10.1. The van der Waals surface area contributed by atoms with Gasteiger partial charge in [-0.1, -0.05) is 19.9 Å². The van der Waals surface area contributed by atoms with Crippen molar-refractivity contribution in [1.29, 1.82) is 0 Å². The zero-order chi connectivity index (χ0) is 15.2. The van der Waals surface area contributed by atoms with Crippen LogP contribution in [0.1, 0.15) is 37.6 Å². The predicted molar refractivity (Wildman–Crippen MR) is 83.9 cm³/mol. The van der Waals surface area contributed by atoms with E-state index >= 15 is 0 Å². The Morgan fingerprint density at radius 1 is 1.14 bits per heavy atom. The quantitative estimate of drug-likeness (QED) is 0.876. The highest BCUT2D eigenvalue weighted by Crippen LogP contribution is 2.32. The molecule has 4 heteroatoms. The summed E-state index contributed by atoms with van der Waals surface area (Å²) < 4.78 is 11.2. The first-order chi connectivity index (χ1) is 10.2. The largest absolute Gasteiger partial charge is 0.493 e. The van der Waals surface area contributed by atoms with Gasteiger partial charge < -0.3 is 15.2 Å². The SMILES string of the molecule is CCc1ccc(Oc2ccc(C(N)CC)nc2)c(OC)c1. The average Bonchev–Trinajstić information content (AvgIpc) is 2.55. The van der Waals surface area contributed by atoms with Crippen molar-refractivity contribution in [3.8, 4) is 17.2 Å². The van der Waals surface area contributed by atoms with E-state index in [1.807, 2.05) is 37.3 Å². The van der Waals surface area contributed by atoms with Gasteiger partial charge in [-0.2, -0.15) is 0 Å². The number of aromatic nitrogens is 1. The first-order valence-corrected chi connectivity index (χ1v) is 7.24. The summed E-state index contributed by atoms with van der Waals surface area (Å²) in [5, 5.41) is 0. The van der Waals surface area contributed by atoms with Crippen LogP contribution in [0.15, 0.2) is 36.5 Å². The van der Waals surface area contributed by atoms with Crippen molar-refractivity contribution in [2.24, 2.45) is 5.73 Å². The monoisotopic (exact) mass is 286 g/mol. The van der Waals surface area contributed by atoms with Gasteiger partial charge in [0.05, 0.1) is 19.0 Å². The normalized spacial score (nSPS) is 12.0. The van der Waals surface area contributed by atoms with Gasteiger partial charge in [0.15, 0.2) is 11.5 Å². The summed E-state index contributed by atoms with van der Waals surface area (Å²) in [5.74, 6) is 2.08. The van der Waals surface area contributed by atoms with Crippen molar-refractivity contribution >= 4 is 0 Å². The number of hydrogen-bond donors (Lipinski definition) is 1. The molecule has 2 N–H and O–H groups in total. The minimum atomic E-state index is -0.0302. The standard InChI is InChI=1S/C17H22N2O2/c1-4-12-6-9-16(17(10-12)20-3)21-13-7-8-15(19-11-13)14(18)5-2/h6-11,14H,4-5,18H2,1-3H3. The molecule has 0 bridgehead atoms. The van der Waals surface area contributed by atoms with Crippen molar-refractivity contribution in [3.05, 3.63) is 47.8 Å². The molecule has 0 spiro atoms. The van der Waals surface area contributed by atoms with E-state index < -0.39 is 0 Å². The fraction of sp³-hybridized carbons (Fsp3) is 0.353. The van der Waals surface area contributed by atoms with Gasteiger partial charge in [0.1, 0.15) is 5.75 Å². The van der Waals surface area contributed by atoms with Gasteiger partial charge in [0.25, 0.3) is 0 Å². The summed E-state index contributed by atoms with van der Waals surface area (Å²) in [4.78, 5) is 4.34. The Balaban J connectivity index is 2.18. The van der Waals surface area contributed by atoms with Gasteiger partial charge in [0.2, 0.25) is 0 Å². The fourth-order valence-corrected chi connectivity index (χ4v) is 2.02. The molecular weight excluding hydrogens is 264 g/mol. The second-order valence-electron chi connectivity index (χ2n) is 4.87. The summed E-state index contributed by atoms with van der Waals surface area (Å²) in [6.07, 6.45) is 3.51. The molecule has 0 aliphatic heterocycles. The van der Waals surface area contributed by atoms with Crippen LogP contribution in [0.5, 0.6) is 17.2 Å². The molecule has 0 fully saturated rings. The van der Waals surface area contributed by atoms with Crippen LogP contribution < -0.4 is 15.2 Å². The Bertz CT molecular complexity index is 582. The number of hydrogen-bond acceptors (Lipinski definition) is 4. The highest BCUT2D eigenvalue weighted by molar-refractivity contribution is 5.45. The Hall–Kier alpha value is -2.07. The second-order valence-corrected chi connectivity index (χ2v) is 4.87. The van der Waals surface area contributed by atoms with Crippen molar-refractivity contribution in [3.63, 3.8) is 0 Å². The second kappa shape index (κ2) is 7.09. The lowest BCUT2D eigenvalue weighted by Crippen LogP contribution is -2.10. The fourth-order valence-electron chi connectivity index (χ4n) is 2.02. The van der Waals surface area contributed by atoms with E-state index in [1.54, 1.807) is 13.3 Å². The summed E-state index contributed by atoms with van der Waals surface area (Å²) in [5.41, 5.74) is 8.03. The molecule has 1 atom stereocenters. The van der Waals surface area contributed by atoms with Gasteiger partial charge >= 0.3 is 0 Å². The van der Waals surface area contributed by atoms with Crippen LogP contribution in [0.3, 0.4) is 0 Å². The van der Waals surface area contributed by atoms with E-state index in [0.717, 1.165) is 24.3 Å². The lowest BCUT2D eigenvalue weighted by molar-refractivity contribution is 0.377. The zero-order valence-electron chi connectivity index (χ0n) is 12.8. The van der Waals surface area contributed by atoms with Crippen LogP contribution in [0.2, 0.25) is 0 Å². The maximum atomic E-state index is 5.95. The lowest BCUT2D eigenvalue weighted by Gasteiger charge is -2.12. The van der Waals surface area contributed by atoms with E-state index in [-0.39, 0.29) is 6.04 Å². The predicted octanol–water partition coefficient (Wildman–Crippen LogP) is 3.85. The van der Waals surface area contributed by atoms with Crippen LogP contribution in [0.25, 0.3) is 0 Å². The van der Waals surface area contributed by atoms with Crippen molar-refractivity contribution in [2.45, 2.75) is 32.7 Å². The number of nitrogens with zero attached hydrogens (tertiary/aromatic N) is 1. The topological polar surface area (TPSA) is 57.4 Å². The molecule has 21 heavy (non-hydrogen) atoms. The Morgan fingerprint density at radius 2 is 1.95 bits per heavy atom. The van der Waals surface area contributed by atoms with E-state index in [2.05, 4.69) is 11.9 Å². The molecule has 0 radical (unpaired) electrons. The van der Waals surface area contributed by atoms with Gasteiger partial charge in [-0.3, -0.25) is 4.98 Å². The molecule has 112 valence electrons. The molecule has 0 aliphatic carbocycles. The van der Waals surface area contributed by atoms with Crippen molar-refractivity contribution < 1.29 is 9.47 Å². The molecule has 2 aromatic rings. The third-order valence-electron chi connectivity index (χ3n) is 3.44. The first kappa shape index (κ1) is 15.3. The highest BCUT2D eigenvalue weighted by atomic mass is 16.5. The Kier molecular flexibility index (Phi) is 5.17. The Labute approximate surface area is 125 Å². The van der Waals surface area contributed by atoms with Crippen LogP contribution in [0, 0.1) is 0 Å². The number of pyridine rings is 1. The third kappa shape index (κ3) is 3.73. The van der Waals surface area contributed by atoms with Crippen LogP contribution in [-0.2, 0) is 6.42 Å². The molecule has 0 saturated carbocycles. The van der Waals surface area contributed by atoms with Crippen LogP contribution in [-0.4, -0.2) is 12.1 Å². The number of ether oxygens (including phenoxy) is 2. The summed E-state index contributed by atoms with van der Waals surface area (Å²) in [6.45, 7) is 4.14. The van der Waals surface area contributed by atoms with Crippen LogP contribution >= 0.6 is 0 Å².